The molecule has 0 amide bonds. The van der Waals surface area contributed by atoms with Gasteiger partial charge in [0, 0.05) is 5.56 Å². The minimum absolute atomic E-state index is 0.0282. The molecule has 0 unspecified atom stereocenters. The Balaban J connectivity index is 1.76. The van der Waals surface area contributed by atoms with Gasteiger partial charge in [0.1, 0.15) is 5.52 Å². The van der Waals surface area contributed by atoms with Gasteiger partial charge in [-0.15, -0.1) is 8.78 Å². The van der Waals surface area contributed by atoms with Crippen LogP contribution in [0.4, 0.5) is 8.78 Å². The minimum Gasteiger partial charge on any atom is -0.436 e. The van der Waals surface area contributed by atoms with Crippen LogP contribution in [0, 0.1) is 0 Å². The summed E-state index contributed by atoms with van der Waals surface area (Å²) in [5.41, 5.74) is 1.14. The van der Waals surface area contributed by atoms with Crippen LogP contribution < -0.4 is 9.47 Å². The van der Waals surface area contributed by atoms with Crippen LogP contribution in [0.25, 0.3) is 22.6 Å². The first-order valence-electron chi connectivity index (χ1n) is 7.31. The van der Waals surface area contributed by atoms with Gasteiger partial charge in [0.25, 0.3) is 0 Å². The van der Waals surface area contributed by atoms with Gasteiger partial charge in [-0.2, -0.15) is 0 Å². The molecule has 25 heavy (non-hydrogen) atoms. The summed E-state index contributed by atoms with van der Waals surface area (Å²) in [5, 5.41) is 0. The average Bonchev–Trinajstić information content (AvgIpc) is 3.11. The third-order valence-electron chi connectivity index (χ3n) is 3.75. The first kappa shape index (κ1) is 15.8. The van der Waals surface area contributed by atoms with Gasteiger partial charge in [-0.1, -0.05) is 6.92 Å². The number of fused-ring (bicyclic) bond motifs is 2. The Morgan fingerprint density at radius 1 is 1.08 bits per heavy atom. The molecule has 2 heterocycles. The monoisotopic (exact) mass is 367 g/mol. The van der Waals surface area contributed by atoms with Crippen LogP contribution in [0.15, 0.2) is 45.7 Å². The molecule has 0 fully saturated rings. The van der Waals surface area contributed by atoms with Crippen LogP contribution in [0.1, 0.15) is 6.92 Å². The number of rotatable bonds is 3. The molecular formula is C16H11F2NO5S. The summed E-state index contributed by atoms with van der Waals surface area (Å²) in [6.45, 7) is 1.55. The van der Waals surface area contributed by atoms with Crippen molar-refractivity contribution in [3.63, 3.8) is 0 Å². The smallest absolute Gasteiger partial charge is 0.436 e. The second-order valence-corrected chi connectivity index (χ2v) is 7.66. The fourth-order valence-corrected chi connectivity index (χ4v) is 3.37. The predicted octanol–water partition coefficient (Wildman–Crippen LogP) is 3.61. The van der Waals surface area contributed by atoms with Crippen LogP contribution in [0.2, 0.25) is 0 Å². The lowest BCUT2D eigenvalue weighted by Gasteiger charge is -2.04. The second kappa shape index (κ2) is 5.16. The number of sulfone groups is 1. The van der Waals surface area contributed by atoms with E-state index in [1.54, 1.807) is 6.92 Å². The molecule has 6 nitrogen and oxygen atoms in total. The topological polar surface area (TPSA) is 78.6 Å². The van der Waals surface area contributed by atoms with Crippen LogP contribution in [-0.2, 0) is 9.84 Å². The maximum atomic E-state index is 13.1. The number of nitrogens with zero attached hydrogens (tertiary/aromatic N) is 1. The Labute approximate surface area is 140 Å². The third kappa shape index (κ3) is 2.70. The summed E-state index contributed by atoms with van der Waals surface area (Å²) in [6.07, 6.45) is -3.70. The number of oxazole rings is 1. The zero-order valence-electron chi connectivity index (χ0n) is 12.8. The van der Waals surface area contributed by atoms with E-state index in [0.717, 1.165) is 0 Å². The van der Waals surface area contributed by atoms with Crippen LogP contribution in [0.3, 0.4) is 0 Å². The highest BCUT2D eigenvalue weighted by Crippen LogP contribution is 2.43. The fraction of sp³-hybridized carbons (Fsp3) is 0.188. The van der Waals surface area contributed by atoms with Crippen LogP contribution in [0.5, 0.6) is 11.5 Å². The molecule has 0 bridgehead atoms. The number of benzene rings is 2. The van der Waals surface area contributed by atoms with E-state index in [-0.39, 0.29) is 28.0 Å². The molecule has 0 radical (unpaired) electrons. The molecule has 0 aliphatic carbocycles. The number of alkyl halides is 2. The number of ether oxygens (including phenoxy) is 2. The van der Waals surface area contributed by atoms with Crippen LogP contribution in [-0.4, -0.2) is 25.4 Å². The standard InChI is InChI=1S/C16H11F2NO5S/c1-2-25(20,21)10-4-6-12-11(8-10)19-15(22-12)9-3-5-13-14(7-9)24-16(17,18)23-13/h3-8H,2H2,1H3. The van der Waals surface area contributed by atoms with E-state index in [2.05, 4.69) is 14.5 Å². The summed E-state index contributed by atoms with van der Waals surface area (Å²) in [5.74, 6) is -0.0811. The Hall–Kier alpha value is -2.68. The number of hydrogen-bond acceptors (Lipinski definition) is 6. The predicted molar refractivity (Wildman–Crippen MR) is 83.4 cm³/mol. The largest absolute Gasteiger partial charge is 0.586 e. The molecule has 0 N–H and O–H groups in total. The van der Waals surface area contributed by atoms with E-state index >= 15 is 0 Å². The maximum Gasteiger partial charge on any atom is 0.586 e. The van der Waals surface area contributed by atoms with E-state index in [1.807, 2.05) is 0 Å². The molecule has 3 aromatic rings. The Morgan fingerprint density at radius 2 is 1.84 bits per heavy atom. The van der Waals surface area contributed by atoms with Crippen molar-refractivity contribution in [2.75, 3.05) is 5.75 Å². The van der Waals surface area contributed by atoms with Gasteiger partial charge in [0.2, 0.25) is 5.89 Å². The molecule has 1 aromatic heterocycles. The van der Waals surface area contributed by atoms with Crippen molar-refractivity contribution in [2.45, 2.75) is 18.1 Å². The number of aromatic nitrogens is 1. The summed E-state index contributed by atoms with van der Waals surface area (Å²) >= 11 is 0. The molecule has 2 aromatic carbocycles. The fourth-order valence-electron chi connectivity index (χ4n) is 2.47. The third-order valence-corrected chi connectivity index (χ3v) is 5.48. The van der Waals surface area contributed by atoms with Crippen molar-refractivity contribution in [3.8, 4) is 23.0 Å². The summed E-state index contributed by atoms with van der Waals surface area (Å²) in [4.78, 5) is 4.38. The lowest BCUT2D eigenvalue weighted by molar-refractivity contribution is -0.286. The Kier molecular flexibility index (Phi) is 3.26. The van der Waals surface area contributed by atoms with Crippen LogP contribution >= 0.6 is 0 Å². The van der Waals surface area contributed by atoms with Crippen molar-refractivity contribution in [1.82, 2.24) is 4.98 Å². The second-order valence-electron chi connectivity index (χ2n) is 5.38. The lowest BCUT2D eigenvalue weighted by Crippen LogP contribution is -2.25. The first-order chi connectivity index (χ1) is 11.8. The van der Waals surface area contributed by atoms with E-state index < -0.39 is 16.1 Å². The van der Waals surface area contributed by atoms with Gasteiger partial charge < -0.3 is 13.9 Å². The van der Waals surface area contributed by atoms with Crippen molar-refractivity contribution < 1.29 is 31.1 Å². The normalized spacial score (nSPS) is 15.6. The maximum absolute atomic E-state index is 13.1. The molecule has 1 aliphatic heterocycles. The lowest BCUT2D eigenvalue weighted by atomic mass is 10.2. The SMILES string of the molecule is CCS(=O)(=O)c1ccc2oc(-c3ccc4c(c3)OC(F)(F)O4)nc2c1. The zero-order chi connectivity index (χ0) is 17.8. The molecular weight excluding hydrogens is 356 g/mol. The highest BCUT2D eigenvalue weighted by atomic mass is 32.2. The van der Waals surface area contributed by atoms with Crippen molar-refractivity contribution in [1.29, 1.82) is 0 Å². The summed E-state index contributed by atoms with van der Waals surface area (Å²) in [6, 6.07) is 8.52. The van der Waals surface area contributed by atoms with E-state index in [9.17, 15) is 17.2 Å². The summed E-state index contributed by atoms with van der Waals surface area (Å²) < 4.78 is 64.4. The molecule has 4 rings (SSSR count). The van der Waals surface area contributed by atoms with Crippen molar-refractivity contribution in [2.24, 2.45) is 0 Å². The van der Waals surface area contributed by atoms with Gasteiger partial charge >= 0.3 is 6.29 Å². The highest BCUT2D eigenvalue weighted by molar-refractivity contribution is 7.91. The van der Waals surface area contributed by atoms with E-state index in [4.69, 9.17) is 4.42 Å². The zero-order valence-corrected chi connectivity index (χ0v) is 13.6. The molecule has 0 atom stereocenters. The van der Waals surface area contributed by atoms with Gasteiger partial charge in [-0.3, -0.25) is 0 Å². The van der Waals surface area contributed by atoms with Gasteiger partial charge in [-0.05, 0) is 36.4 Å². The number of hydrogen-bond donors (Lipinski definition) is 0. The molecule has 0 spiro atoms. The molecule has 0 saturated heterocycles. The minimum atomic E-state index is -3.70. The molecule has 130 valence electrons. The quantitative estimate of drug-likeness (QED) is 0.704. The Morgan fingerprint density at radius 3 is 2.60 bits per heavy atom. The number of halogens is 2. The van der Waals surface area contributed by atoms with Crippen molar-refractivity contribution in [3.05, 3.63) is 36.4 Å². The van der Waals surface area contributed by atoms with Gasteiger partial charge in [0.05, 0.1) is 10.6 Å². The van der Waals surface area contributed by atoms with Crippen molar-refractivity contribution >= 4 is 20.9 Å². The molecule has 0 saturated carbocycles. The molecule has 9 heteroatoms. The van der Waals surface area contributed by atoms with E-state index in [0.29, 0.717) is 16.7 Å². The summed E-state index contributed by atoms with van der Waals surface area (Å²) in [7, 11) is -3.37. The van der Waals surface area contributed by atoms with Gasteiger partial charge in [-0.25, -0.2) is 13.4 Å². The Bertz CT molecular complexity index is 1090. The molecule has 1 aliphatic rings. The average molecular weight is 367 g/mol. The van der Waals surface area contributed by atoms with Gasteiger partial charge in [0.15, 0.2) is 26.9 Å². The highest BCUT2D eigenvalue weighted by Gasteiger charge is 2.43. The van der Waals surface area contributed by atoms with E-state index in [1.165, 1.54) is 36.4 Å². The first-order valence-corrected chi connectivity index (χ1v) is 8.96.